The fraction of sp³-hybridized carbons (Fsp3) is 0. The van der Waals surface area contributed by atoms with Crippen molar-refractivity contribution in [2.75, 3.05) is 0 Å². The second-order valence-corrected chi connectivity index (χ2v) is 2.88. The number of carbonyl (C=O) groups is 1. The summed E-state index contributed by atoms with van der Waals surface area (Å²) in [6.07, 6.45) is -1.29. The maximum atomic E-state index is 10.3. The van der Waals surface area contributed by atoms with E-state index in [1.807, 2.05) is 30.3 Å². The SMILES string of the molecule is O=C(O)Oc1ccc2ccccc2c1.[BiH3]. The van der Waals surface area contributed by atoms with E-state index in [2.05, 4.69) is 4.74 Å². The van der Waals surface area contributed by atoms with Gasteiger partial charge in [-0.1, -0.05) is 30.3 Å². The quantitative estimate of drug-likeness (QED) is 0.451. The third-order valence-electron chi connectivity index (χ3n) is 1.93. The van der Waals surface area contributed by atoms with Gasteiger partial charge < -0.3 is 9.84 Å². The summed E-state index contributed by atoms with van der Waals surface area (Å²) in [5.41, 5.74) is 0. The van der Waals surface area contributed by atoms with Crippen LogP contribution in [0.25, 0.3) is 10.8 Å². The molecule has 0 saturated carbocycles. The van der Waals surface area contributed by atoms with Gasteiger partial charge in [0.05, 0.1) is 0 Å². The van der Waals surface area contributed by atoms with Gasteiger partial charge in [0, 0.05) is 0 Å². The number of benzene rings is 2. The Morgan fingerprint density at radius 3 is 2.40 bits per heavy atom. The van der Waals surface area contributed by atoms with E-state index in [-0.39, 0.29) is 26.2 Å². The maximum absolute atomic E-state index is 10.3. The van der Waals surface area contributed by atoms with Gasteiger partial charge in [0.2, 0.25) is 0 Å². The molecule has 0 unspecified atom stereocenters. The van der Waals surface area contributed by atoms with Crippen LogP contribution in [0.2, 0.25) is 0 Å². The Morgan fingerprint density at radius 2 is 1.73 bits per heavy atom. The fourth-order valence-corrected chi connectivity index (χ4v) is 1.33. The Kier molecular flexibility index (Phi) is 4.04. The van der Waals surface area contributed by atoms with Crippen LogP contribution in [0.1, 0.15) is 0 Å². The summed E-state index contributed by atoms with van der Waals surface area (Å²) < 4.78 is 4.54. The van der Waals surface area contributed by atoms with E-state index >= 15 is 0 Å². The molecule has 0 atom stereocenters. The number of carboxylic acid groups (broad SMARTS) is 1. The van der Waals surface area contributed by atoms with Crippen molar-refractivity contribution in [2.24, 2.45) is 0 Å². The summed E-state index contributed by atoms with van der Waals surface area (Å²) in [5.74, 6) is 0.344. The van der Waals surface area contributed by atoms with Crippen LogP contribution in [0, 0.1) is 0 Å². The molecule has 2 aromatic carbocycles. The zero-order chi connectivity index (χ0) is 9.97. The molecule has 0 amide bonds. The third kappa shape index (κ3) is 2.90. The number of rotatable bonds is 1. The van der Waals surface area contributed by atoms with Gasteiger partial charge in [-0.15, -0.1) is 0 Å². The van der Waals surface area contributed by atoms with Crippen LogP contribution in [-0.2, 0) is 0 Å². The molecule has 0 aromatic heterocycles. The van der Waals surface area contributed by atoms with Crippen molar-refractivity contribution in [3.8, 4) is 5.75 Å². The molecule has 0 aliphatic carbocycles. The second kappa shape index (κ2) is 5.08. The first-order chi connectivity index (χ1) is 6.75. The molecule has 2 rings (SSSR count). The standard InChI is InChI=1S/C11H8O3.Bi.3H/c12-11(13)14-10-6-5-8-3-1-2-4-9(8)7-10;;;;/h1-7H,(H,12,13);;;;. The van der Waals surface area contributed by atoms with Crippen molar-refractivity contribution in [1.29, 1.82) is 0 Å². The van der Waals surface area contributed by atoms with Gasteiger partial charge in [0.15, 0.2) is 0 Å². The normalized spacial score (nSPS) is 9.33. The predicted molar refractivity (Wildman–Crippen MR) is 62.5 cm³/mol. The topological polar surface area (TPSA) is 46.5 Å². The molecule has 0 radical (unpaired) electrons. The number of ether oxygens (including phenoxy) is 1. The van der Waals surface area contributed by atoms with Gasteiger partial charge in [0.25, 0.3) is 0 Å². The zero-order valence-electron chi connectivity index (χ0n) is 8.01. The summed E-state index contributed by atoms with van der Waals surface area (Å²) in [4.78, 5) is 10.3. The Bertz CT molecular complexity index is 482. The average Bonchev–Trinajstić information content (AvgIpc) is 2.17. The zero-order valence-corrected chi connectivity index (χ0v) is 13.5. The van der Waals surface area contributed by atoms with Crippen LogP contribution in [0.15, 0.2) is 42.5 Å². The van der Waals surface area contributed by atoms with Crippen molar-refractivity contribution >= 4 is 43.1 Å². The van der Waals surface area contributed by atoms with Gasteiger partial charge in [-0.3, -0.25) is 0 Å². The van der Waals surface area contributed by atoms with Crippen LogP contribution in [0.3, 0.4) is 0 Å². The summed E-state index contributed by atoms with van der Waals surface area (Å²) >= 11 is 0. The molecule has 0 aliphatic rings. The van der Waals surface area contributed by atoms with E-state index in [9.17, 15) is 4.79 Å². The molecule has 3 nitrogen and oxygen atoms in total. The first-order valence-corrected chi connectivity index (χ1v) is 4.15. The number of fused-ring (bicyclic) bond motifs is 1. The summed E-state index contributed by atoms with van der Waals surface area (Å²) in [6.45, 7) is 0. The molecular formula is C11H11BiO3. The molecule has 0 heterocycles. The Balaban J connectivity index is 0.00000112. The molecule has 4 heteroatoms. The minimum absolute atomic E-state index is 0. The number of hydrogen-bond acceptors (Lipinski definition) is 2. The molecule has 0 spiro atoms. The molecule has 0 bridgehead atoms. The van der Waals surface area contributed by atoms with E-state index in [1.165, 1.54) is 0 Å². The van der Waals surface area contributed by atoms with Crippen molar-refractivity contribution in [1.82, 2.24) is 0 Å². The van der Waals surface area contributed by atoms with E-state index in [0.717, 1.165) is 10.8 Å². The van der Waals surface area contributed by atoms with Gasteiger partial charge in [-0.2, -0.15) is 0 Å². The van der Waals surface area contributed by atoms with E-state index < -0.39 is 6.16 Å². The molecule has 2 aromatic rings. The van der Waals surface area contributed by atoms with Crippen LogP contribution >= 0.6 is 0 Å². The number of hydrogen-bond donors (Lipinski definition) is 1. The Labute approximate surface area is 106 Å². The first-order valence-electron chi connectivity index (χ1n) is 4.15. The van der Waals surface area contributed by atoms with Crippen LogP contribution in [0.5, 0.6) is 5.75 Å². The predicted octanol–water partition coefficient (Wildman–Crippen LogP) is 1.71. The van der Waals surface area contributed by atoms with Gasteiger partial charge >= 0.3 is 32.4 Å². The van der Waals surface area contributed by atoms with Gasteiger partial charge in [-0.05, 0) is 22.9 Å². The van der Waals surface area contributed by atoms with Crippen LogP contribution in [-0.4, -0.2) is 37.5 Å². The van der Waals surface area contributed by atoms with E-state index in [0.29, 0.717) is 5.75 Å². The van der Waals surface area contributed by atoms with Crippen molar-refractivity contribution < 1.29 is 14.6 Å². The Morgan fingerprint density at radius 1 is 1.07 bits per heavy atom. The summed E-state index contributed by atoms with van der Waals surface area (Å²) in [6, 6.07) is 12.9. The molecular weight excluding hydrogens is 389 g/mol. The first kappa shape index (κ1) is 11.9. The van der Waals surface area contributed by atoms with Gasteiger partial charge in [0.1, 0.15) is 5.75 Å². The van der Waals surface area contributed by atoms with Crippen molar-refractivity contribution in [3.63, 3.8) is 0 Å². The molecule has 0 saturated heterocycles. The van der Waals surface area contributed by atoms with Crippen LogP contribution < -0.4 is 4.74 Å². The second-order valence-electron chi connectivity index (χ2n) is 2.88. The monoisotopic (exact) mass is 400 g/mol. The van der Waals surface area contributed by atoms with Crippen molar-refractivity contribution in [2.45, 2.75) is 0 Å². The van der Waals surface area contributed by atoms with Crippen molar-refractivity contribution in [3.05, 3.63) is 42.5 Å². The summed E-state index contributed by atoms with van der Waals surface area (Å²) in [7, 11) is 0. The van der Waals surface area contributed by atoms with Gasteiger partial charge in [-0.25, -0.2) is 4.79 Å². The fourth-order valence-electron chi connectivity index (χ4n) is 1.33. The molecule has 0 aliphatic heterocycles. The van der Waals surface area contributed by atoms with Crippen LogP contribution in [0.4, 0.5) is 4.79 Å². The summed E-state index contributed by atoms with van der Waals surface area (Å²) in [5, 5.41) is 10.4. The molecule has 0 fully saturated rings. The third-order valence-corrected chi connectivity index (χ3v) is 1.93. The van der Waals surface area contributed by atoms with E-state index in [1.54, 1.807) is 12.1 Å². The average molecular weight is 400 g/mol. The molecule has 1 N–H and O–H groups in total. The molecule has 78 valence electrons. The Hall–Kier alpha value is -1.15. The minimum atomic E-state index is -1.29. The van der Waals surface area contributed by atoms with E-state index in [4.69, 9.17) is 5.11 Å². The molecule has 15 heavy (non-hydrogen) atoms.